The molecule has 1 aromatic heterocycles. The fourth-order valence-corrected chi connectivity index (χ4v) is 2.70. The average Bonchev–Trinajstić information content (AvgIpc) is 2.85. The van der Waals surface area contributed by atoms with Crippen molar-refractivity contribution in [3.05, 3.63) is 47.4 Å². The minimum Gasteiger partial charge on any atom is -0.463 e. The zero-order valence-electron chi connectivity index (χ0n) is 10.8. The van der Waals surface area contributed by atoms with Crippen LogP contribution in [0.15, 0.2) is 39.8 Å². The molecule has 0 aliphatic heterocycles. The number of aryl methyl sites for hydroxylation is 1. The van der Waals surface area contributed by atoms with Crippen molar-refractivity contribution < 1.29 is 13.9 Å². The minimum atomic E-state index is -0.449. The van der Waals surface area contributed by atoms with Crippen molar-refractivity contribution in [2.75, 3.05) is 12.8 Å². The van der Waals surface area contributed by atoms with E-state index >= 15 is 0 Å². The van der Waals surface area contributed by atoms with Crippen molar-refractivity contribution in [2.24, 2.45) is 0 Å². The maximum atomic E-state index is 11.5. The number of thioether (sulfide) groups is 1. The predicted octanol–water partition coefficient (Wildman–Crippen LogP) is 3.25. The van der Waals surface area contributed by atoms with Gasteiger partial charge in [-0.2, -0.15) is 0 Å². The molecule has 0 bridgehead atoms. The Labute approximate surface area is 115 Å². The first-order valence-corrected chi connectivity index (χ1v) is 6.74. The Morgan fingerprint density at radius 3 is 2.89 bits per heavy atom. The number of nitrogen functional groups attached to an aromatic ring is 1. The van der Waals surface area contributed by atoms with Crippen molar-refractivity contribution in [3.63, 3.8) is 0 Å². The number of anilines is 1. The molecule has 2 aromatic rings. The molecule has 1 heterocycles. The van der Waals surface area contributed by atoms with Crippen LogP contribution in [0.3, 0.4) is 0 Å². The lowest BCUT2D eigenvalue weighted by Crippen LogP contribution is -2.02. The van der Waals surface area contributed by atoms with Crippen molar-refractivity contribution >= 4 is 23.4 Å². The number of rotatable bonds is 4. The maximum Gasteiger partial charge on any atom is 0.374 e. The van der Waals surface area contributed by atoms with E-state index < -0.39 is 5.97 Å². The van der Waals surface area contributed by atoms with E-state index in [1.165, 1.54) is 13.4 Å². The molecule has 0 amide bonds. The second-order valence-electron chi connectivity index (χ2n) is 4.08. The summed E-state index contributed by atoms with van der Waals surface area (Å²) in [5.74, 6) is 0.462. The first-order valence-electron chi connectivity index (χ1n) is 5.75. The minimum absolute atomic E-state index is 0.267. The molecule has 5 heteroatoms. The summed E-state index contributed by atoms with van der Waals surface area (Å²) < 4.78 is 9.82. The highest BCUT2D eigenvalue weighted by Gasteiger charge is 2.15. The van der Waals surface area contributed by atoms with Gasteiger partial charge in [0, 0.05) is 21.9 Å². The summed E-state index contributed by atoms with van der Waals surface area (Å²) in [4.78, 5) is 12.6. The number of furan rings is 1. The van der Waals surface area contributed by atoms with Crippen LogP contribution in [-0.2, 0) is 10.5 Å². The van der Waals surface area contributed by atoms with Gasteiger partial charge >= 0.3 is 5.97 Å². The van der Waals surface area contributed by atoms with Gasteiger partial charge in [-0.25, -0.2) is 4.79 Å². The van der Waals surface area contributed by atoms with Gasteiger partial charge in [-0.05, 0) is 36.8 Å². The number of carbonyl (C=O) groups excluding carboxylic acids is 1. The molecule has 0 aliphatic carbocycles. The standard InChI is InChI=1S/C14H15NO3S/c1-9-7-11(15)3-4-12(9)19-8-10-5-6-18-13(10)14(16)17-2/h3-7H,8,15H2,1-2H3. The SMILES string of the molecule is COC(=O)c1occc1CSc1ccc(N)cc1C. The van der Waals surface area contributed by atoms with Crippen LogP contribution in [0.25, 0.3) is 0 Å². The van der Waals surface area contributed by atoms with Crippen molar-refractivity contribution in [3.8, 4) is 0 Å². The number of nitrogens with two attached hydrogens (primary N) is 1. The zero-order chi connectivity index (χ0) is 13.8. The molecule has 0 atom stereocenters. The number of methoxy groups -OCH3 is 1. The first kappa shape index (κ1) is 13.5. The van der Waals surface area contributed by atoms with Gasteiger partial charge in [0.15, 0.2) is 0 Å². The van der Waals surface area contributed by atoms with Gasteiger partial charge in [0.05, 0.1) is 13.4 Å². The van der Waals surface area contributed by atoms with E-state index in [-0.39, 0.29) is 5.76 Å². The van der Waals surface area contributed by atoms with Crippen LogP contribution in [0.5, 0.6) is 0 Å². The molecular weight excluding hydrogens is 262 g/mol. The molecule has 4 nitrogen and oxygen atoms in total. The van der Waals surface area contributed by atoms with Crippen LogP contribution in [-0.4, -0.2) is 13.1 Å². The highest BCUT2D eigenvalue weighted by Crippen LogP contribution is 2.28. The molecule has 100 valence electrons. The summed E-state index contributed by atoms with van der Waals surface area (Å²) in [6.07, 6.45) is 1.50. The molecule has 0 saturated carbocycles. The van der Waals surface area contributed by atoms with Gasteiger partial charge in [-0.1, -0.05) is 0 Å². The van der Waals surface area contributed by atoms with E-state index in [2.05, 4.69) is 4.74 Å². The number of benzene rings is 1. The second kappa shape index (κ2) is 5.84. The highest BCUT2D eigenvalue weighted by atomic mass is 32.2. The van der Waals surface area contributed by atoms with Crippen molar-refractivity contribution in [2.45, 2.75) is 17.6 Å². The van der Waals surface area contributed by atoms with Gasteiger partial charge < -0.3 is 14.9 Å². The zero-order valence-corrected chi connectivity index (χ0v) is 11.6. The molecule has 2 rings (SSSR count). The molecule has 0 aliphatic rings. The third-order valence-electron chi connectivity index (χ3n) is 2.70. The molecule has 0 unspecified atom stereocenters. The monoisotopic (exact) mass is 277 g/mol. The summed E-state index contributed by atoms with van der Waals surface area (Å²) in [6, 6.07) is 7.56. The number of esters is 1. The summed E-state index contributed by atoms with van der Waals surface area (Å²) in [6.45, 7) is 2.01. The predicted molar refractivity (Wildman–Crippen MR) is 75.2 cm³/mol. The van der Waals surface area contributed by atoms with Crippen LogP contribution in [0.4, 0.5) is 5.69 Å². The number of ether oxygens (including phenoxy) is 1. The Morgan fingerprint density at radius 1 is 1.42 bits per heavy atom. The smallest absolute Gasteiger partial charge is 0.374 e. The van der Waals surface area contributed by atoms with E-state index in [9.17, 15) is 4.79 Å². The summed E-state index contributed by atoms with van der Waals surface area (Å²) in [7, 11) is 1.34. The second-order valence-corrected chi connectivity index (χ2v) is 5.10. The number of hydrogen-bond donors (Lipinski definition) is 1. The maximum absolute atomic E-state index is 11.5. The fraction of sp³-hybridized carbons (Fsp3) is 0.214. The molecule has 0 saturated heterocycles. The molecule has 19 heavy (non-hydrogen) atoms. The lowest BCUT2D eigenvalue weighted by Gasteiger charge is -2.06. The van der Waals surface area contributed by atoms with Crippen LogP contribution in [0, 0.1) is 6.92 Å². The average molecular weight is 277 g/mol. The third kappa shape index (κ3) is 3.12. The molecule has 2 N–H and O–H groups in total. The van der Waals surface area contributed by atoms with Gasteiger partial charge in [0.2, 0.25) is 5.76 Å². The van der Waals surface area contributed by atoms with Crippen LogP contribution >= 0.6 is 11.8 Å². The Bertz CT molecular complexity index is 592. The van der Waals surface area contributed by atoms with Gasteiger partial charge in [0.1, 0.15) is 0 Å². The van der Waals surface area contributed by atoms with Crippen LogP contribution in [0.1, 0.15) is 21.7 Å². The Kier molecular flexibility index (Phi) is 4.16. The molecule has 0 fully saturated rings. The molecule has 1 aromatic carbocycles. The van der Waals surface area contributed by atoms with E-state index in [1.807, 2.05) is 25.1 Å². The Hall–Kier alpha value is -1.88. The summed E-state index contributed by atoms with van der Waals surface area (Å²) in [5, 5.41) is 0. The lowest BCUT2D eigenvalue weighted by molar-refractivity contribution is 0.0564. The molecule has 0 spiro atoms. The van der Waals surface area contributed by atoms with Crippen molar-refractivity contribution in [1.29, 1.82) is 0 Å². The van der Waals surface area contributed by atoms with Crippen LogP contribution in [0.2, 0.25) is 0 Å². The Balaban J connectivity index is 2.10. The van der Waals surface area contributed by atoms with Gasteiger partial charge in [-0.3, -0.25) is 0 Å². The number of carbonyl (C=O) groups is 1. The lowest BCUT2D eigenvalue weighted by atomic mass is 10.2. The van der Waals surface area contributed by atoms with E-state index in [0.717, 1.165) is 21.7 Å². The van der Waals surface area contributed by atoms with Gasteiger partial charge in [0.25, 0.3) is 0 Å². The topological polar surface area (TPSA) is 65.5 Å². The van der Waals surface area contributed by atoms with Crippen molar-refractivity contribution in [1.82, 2.24) is 0 Å². The molecule has 0 radical (unpaired) electrons. The Morgan fingerprint density at radius 2 is 2.21 bits per heavy atom. The highest BCUT2D eigenvalue weighted by molar-refractivity contribution is 7.98. The van der Waals surface area contributed by atoms with Crippen LogP contribution < -0.4 is 5.73 Å². The first-order chi connectivity index (χ1) is 9.11. The van der Waals surface area contributed by atoms with E-state index in [0.29, 0.717) is 5.75 Å². The largest absolute Gasteiger partial charge is 0.463 e. The van der Waals surface area contributed by atoms with Gasteiger partial charge in [-0.15, -0.1) is 11.8 Å². The fourth-order valence-electron chi connectivity index (χ4n) is 1.71. The summed E-state index contributed by atoms with van der Waals surface area (Å²) >= 11 is 1.63. The van der Waals surface area contributed by atoms with E-state index in [4.69, 9.17) is 10.2 Å². The number of hydrogen-bond acceptors (Lipinski definition) is 5. The summed E-state index contributed by atoms with van der Waals surface area (Å²) in [5.41, 5.74) is 8.41. The molecular formula is C14H15NO3S. The quantitative estimate of drug-likeness (QED) is 0.528. The van der Waals surface area contributed by atoms with E-state index in [1.54, 1.807) is 17.8 Å². The normalized spacial score (nSPS) is 10.4. The third-order valence-corrected chi connectivity index (χ3v) is 3.92.